The quantitative estimate of drug-likeness (QED) is 0.832. The minimum atomic E-state index is -1.38. The molecule has 0 spiro atoms. The average Bonchev–Trinajstić information content (AvgIpc) is 2.87. The van der Waals surface area contributed by atoms with Crippen LogP contribution in [0.15, 0.2) is 30.5 Å². The van der Waals surface area contributed by atoms with Crippen molar-refractivity contribution in [2.45, 2.75) is 38.5 Å². The number of hydrogen-bond acceptors (Lipinski definition) is 3. The molecule has 1 aromatic heterocycles. The molecule has 1 aromatic carbocycles. The number of rotatable bonds is 5. The third-order valence-corrected chi connectivity index (χ3v) is 4.80. The summed E-state index contributed by atoms with van der Waals surface area (Å²) in [5.74, 6) is -0.426. The topological polar surface area (TPSA) is 71.2 Å². The van der Waals surface area contributed by atoms with Crippen molar-refractivity contribution < 1.29 is 13.7 Å². The van der Waals surface area contributed by atoms with Crippen LogP contribution in [0.25, 0.3) is 10.9 Å². The normalized spacial score (nSPS) is 14.7. The predicted octanol–water partition coefficient (Wildman–Crippen LogP) is 2.82. The molecule has 5 nitrogen and oxygen atoms in total. The molecule has 0 radical (unpaired) electrons. The van der Waals surface area contributed by atoms with E-state index in [9.17, 15) is 9.00 Å². The van der Waals surface area contributed by atoms with E-state index < -0.39 is 27.7 Å². The number of carbonyl (C=O) groups is 1. The van der Waals surface area contributed by atoms with Crippen molar-refractivity contribution in [3.8, 4) is 0 Å². The van der Waals surface area contributed by atoms with Crippen molar-refractivity contribution in [2.75, 3.05) is 6.61 Å². The van der Waals surface area contributed by atoms with Gasteiger partial charge >= 0.3 is 5.97 Å². The third kappa shape index (κ3) is 3.56. The maximum absolute atomic E-state index is 12.4. The van der Waals surface area contributed by atoms with Crippen LogP contribution < -0.4 is 4.72 Å². The van der Waals surface area contributed by atoms with Gasteiger partial charge in [-0.25, -0.2) is 13.7 Å². The number of carbonyl (C=O) groups excluding carboxylic acids is 1. The molecule has 0 unspecified atom stereocenters. The Hall–Kier alpha value is -1.66. The number of aromatic nitrogens is 1. The lowest BCUT2D eigenvalue weighted by molar-refractivity contribution is -0.145. The first-order valence-electron chi connectivity index (χ1n) is 7.25. The molecule has 0 aliphatic carbocycles. The molecule has 2 aromatic rings. The molecule has 2 atom stereocenters. The molecule has 0 amide bonds. The Labute approximate surface area is 133 Å². The highest BCUT2D eigenvalue weighted by Gasteiger charge is 2.30. The van der Waals surface area contributed by atoms with E-state index in [0.717, 1.165) is 16.5 Å². The molecule has 0 saturated heterocycles. The molecule has 2 rings (SSSR count). The maximum Gasteiger partial charge on any atom is 0.328 e. The lowest BCUT2D eigenvalue weighted by Gasteiger charge is -2.23. The van der Waals surface area contributed by atoms with Crippen LogP contribution in [0.3, 0.4) is 0 Å². The van der Waals surface area contributed by atoms with Gasteiger partial charge in [-0.3, -0.25) is 0 Å². The summed E-state index contributed by atoms with van der Waals surface area (Å²) in [6.45, 7) is 7.60. The average molecular weight is 322 g/mol. The van der Waals surface area contributed by atoms with Gasteiger partial charge in [0.05, 0.1) is 22.3 Å². The number of aromatic amines is 1. The van der Waals surface area contributed by atoms with Crippen molar-refractivity contribution in [3.05, 3.63) is 36.0 Å². The molecule has 22 heavy (non-hydrogen) atoms. The van der Waals surface area contributed by atoms with E-state index in [-0.39, 0.29) is 6.61 Å². The molecule has 1 heterocycles. The van der Waals surface area contributed by atoms with E-state index in [1.807, 2.05) is 45.0 Å². The number of benzene rings is 1. The first kappa shape index (κ1) is 16.7. The van der Waals surface area contributed by atoms with Crippen molar-refractivity contribution in [2.24, 2.45) is 0 Å². The van der Waals surface area contributed by atoms with Gasteiger partial charge in [-0.15, -0.1) is 0 Å². The fourth-order valence-electron chi connectivity index (χ4n) is 2.08. The number of para-hydroxylation sites is 1. The molecule has 120 valence electrons. The van der Waals surface area contributed by atoms with Crippen molar-refractivity contribution in [3.63, 3.8) is 0 Å². The largest absolute Gasteiger partial charge is 0.465 e. The molecule has 0 fully saturated rings. The van der Waals surface area contributed by atoms with Crippen LogP contribution in [-0.4, -0.2) is 26.5 Å². The second-order valence-corrected chi connectivity index (χ2v) is 7.97. The molecule has 0 aliphatic rings. The number of fused-ring (bicyclic) bond motifs is 1. The molecule has 2 N–H and O–H groups in total. The molecule has 0 saturated carbocycles. The van der Waals surface area contributed by atoms with E-state index in [4.69, 9.17) is 4.74 Å². The van der Waals surface area contributed by atoms with Gasteiger partial charge in [0.15, 0.2) is 0 Å². The number of hydrogen-bond donors (Lipinski definition) is 2. The molecular weight excluding hydrogens is 300 g/mol. The van der Waals surface area contributed by atoms with Crippen molar-refractivity contribution in [1.82, 2.24) is 9.71 Å². The smallest absolute Gasteiger partial charge is 0.328 e. The zero-order valence-electron chi connectivity index (χ0n) is 13.3. The second kappa shape index (κ2) is 6.62. The summed E-state index contributed by atoms with van der Waals surface area (Å²) in [5.41, 5.74) is 1.67. The Bertz CT molecular complexity index is 688. The van der Waals surface area contributed by atoms with Gasteiger partial charge in [0.1, 0.15) is 6.04 Å². The van der Waals surface area contributed by atoms with Crippen LogP contribution in [0.2, 0.25) is 0 Å². The van der Waals surface area contributed by atoms with Gasteiger partial charge in [0.25, 0.3) is 0 Å². The predicted molar refractivity (Wildman–Crippen MR) is 88.7 cm³/mol. The molecule has 6 heteroatoms. The van der Waals surface area contributed by atoms with Gasteiger partial charge in [0.2, 0.25) is 0 Å². The Kier molecular flexibility index (Phi) is 5.03. The van der Waals surface area contributed by atoms with Crippen molar-refractivity contribution >= 4 is 27.9 Å². The number of H-pyrrole nitrogens is 1. The molecule has 0 bridgehead atoms. The SMILES string of the molecule is CCOC(=O)[C@@H](N[S@@](=O)C(C)(C)C)c1c[nH]c2ccccc12. The van der Waals surface area contributed by atoms with Crippen LogP contribution in [0.5, 0.6) is 0 Å². The Morgan fingerprint density at radius 2 is 2.05 bits per heavy atom. The van der Waals surface area contributed by atoms with E-state index in [1.165, 1.54) is 0 Å². The van der Waals surface area contributed by atoms with Gasteiger partial charge in [-0.05, 0) is 33.8 Å². The second-order valence-electron chi connectivity index (χ2n) is 5.97. The Balaban J connectivity index is 2.40. The Morgan fingerprint density at radius 3 is 2.68 bits per heavy atom. The van der Waals surface area contributed by atoms with Crippen LogP contribution in [0, 0.1) is 0 Å². The van der Waals surface area contributed by atoms with Gasteiger partial charge in [-0.2, -0.15) is 0 Å². The summed E-state index contributed by atoms with van der Waals surface area (Å²) >= 11 is 0. The summed E-state index contributed by atoms with van der Waals surface area (Å²) in [6.07, 6.45) is 1.76. The van der Waals surface area contributed by atoms with Crippen LogP contribution in [-0.2, 0) is 20.5 Å². The lowest BCUT2D eigenvalue weighted by Crippen LogP contribution is -2.39. The fourth-order valence-corrected chi connectivity index (χ4v) is 2.87. The first-order valence-corrected chi connectivity index (χ1v) is 8.40. The Morgan fingerprint density at radius 1 is 1.36 bits per heavy atom. The minimum absolute atomic E-state index is 0.279. The zero-order valence-corrected chi connectivity index (χ0v) is 14.1. The van der Waals surface area contributed by atoms with E-state index >= 15 is 0 Å². The van der Waals surface area contributed by atoms with Crippen LogP contribution >= 0.6 is 0 Å². The summed E-state index contributed by atoms with van der Waals surface area (Å²) in [5, 5.41) is 0.916. The lowest BCUT2D eigenvalue weighted by atomic mass is 10.1. The van der Waals surface area contributed by atoms with Crippen molar-refractivity contribution in [1.29, 1.82) is 0 Å². The number of ether oxygens (including phenoxy) is 1. The fraction of sp³-hybridized carbons (Fsp3) is 0.438. The van der Waals surface area contributed by atoms with Gasteiger partial charge in [-0.1, -0.05) is 18.2 Å². The minimum Gasteiger partial charge on any atom is -0.465 e. The highest BCUT2D eigenvalue weighted by molar-refractivity contribution is 7.84. The third-order valence-electron chi connectivity index (χ3n) is 3.24. The number of nitrogens with one attached hydrogen (secondary N) is 2. The summed E-state index contributed by atoms with van der Waals surface area (Å²) in [7, 11) is -1.38. The van der Waals surface area contributed by atoms with E-state index in [0.29, 0.717) is 0 Å². The zero-order chi connectivity index (χ0) is 16.3. The monoisotopic (exact) mass is 322 g/mol. The molecular formula is C16H22N2O3S. The van der Waals surface area contributed by atoms with Crippen LogP contribution in [0.1, 0.15) is 39.3 Å². The highest BCUT2D eigenvalue weighted by Crippen LogP contribution is 2.26. The van der Waals surface area contributed by atoms with E-state index in [2.05, 4.69) is 9.71 Å². The van der Waals surface area contributed by atoms with Gasteiger partial charge < -0.3 is 9.72 Å². The summed E-state index contributed by atoms with van der Waals surface area (Å²) in [6, 6.07) is 6.92. The highest BCUT2D eigenvalue weighted by atomic mass is 32.2. The van der Waals surface area contributed by atoms with Gasteiger partial charge in [0, 0.05) is 22.7 Å². The van der Waals surface area contributed by atoms with E-state index in [1.54, 1.807) is 13.1 Å². The standard InChI is InChI=1S/C16H22N2O3S/c1-5-21-15(19)14(18-22(20)16(2,3)4)12-10-17-13-9-7-6-8-11(12)13/h6-10,14,17-18H,5H2,1-4H3/t14-,22-/m0/s1. The first-order chi connectivity index (χ1) is 10.3. The summed E-state index contributed by atoms with van der Waals surface area (Å²) < 4.78 is 20.0. The maximum atomic E-state index is 12.4. The molecule has 0 aliphatic heterocycles. The number of esters is 1. The summed E-state index contributed by atoms with van der Waals surface area (Å²) in [4.78, 5) is 15.4. The van der Waals surface area contributed by atoms with Crippen LogP contribution in [0.4, 0.5) is 0 Å².